The Labute approximate surface area is 116 Å². The number of pyridine rings is 1. The Balaban J connectivity index is 2.10. The van der Waals surface area contributed by atoms with Gasteiger partial charge in [0.15, 0.2) is 0 Å². The zero-order valence-corrected chi connectivity index (χ0v) is 11.5. The highest BCUT2D eigenvalue weighted by Gasteiger charge is 2.17. The first-order valence-electron chi connectivity index (χ1n) is 6.32. The van der Waals surface area contributed by atoms with Crippen LogP contribution in [0.2, 0.25) is 0 Å². The number of aromatic nitrogens is 3. The topological polar surface area (TPSA) is 98.1 Å². The molecule has 0 unspecified atom stereocenters. The van der Waals surface area contributed by atoms with Crippen molar-refractivity contribution >= 4 is 5.91 Å². The van der Waals surface area contributed by atoms with E-state index in [9.17, 15) is 4.79 Å². The number of rotatable bonds is 6. The summed E-state index contributed by atoms with van der Waals surface area (Å²) in [4.78, 5) is 21.3. The van der Waals surface area contributed by atoms with Crippen molar-refractivity contribution in [3.63, 3.8) is 0 Å². The van der Waals surface area contributed by atoms with E-state index in [2.05, 4.69) is 15.1 Å². The fraction of sp³-hybridized carbons (Fsp3) is 0.385. The van der Waals surface area contributed by atoms with Crippen molar-refractivity contribution in [2.75, 3.05) is 6.54 Å². The van der Waals surface area contributed by atoms with Gasteiger partial charge in [0.05, 0.1) is 13.1 Å². The van der Waals surface area contributed by atoms with Gasteiger partial charge in [-0.05, 0) is 26.0 Å². The molecule has 0 saturated carbocycles. The van der Waals surface area contributed by atoms with E-state index in [0.717, 1.165) is 0 Å². The third kappa shape index (κ3) is 3.61. The summed E-state index contributed by atoms with van der Waals surface area (Å²) in [6.07, 6.45) is 1.67. The van der Waals surface area contributed by atoms with Crippen molar-refractivity contribution in [2.24, 2.45) is 5.73 Å². The number of nitrogens with two attached hydrogens (primary N) is 1. The summed E-state index contributed by atoms with van der Waals surface area (Å²) in [6, 6.07) is 5.62. The van der Waals surface area contributed by atoms with Gasteiger partial charge in [-0.2, -0.15) is 4.98 Å². The first-order chi connectivity index (χ1) is 9.56. The maximum Gasteiger partial charge on any atom is 0.241 e. The minimum Gasteiger partial charge on any atom is -0.369 e. The molecule has 7 nitrogen and oxygen atoms in total. The lowest BCUT2D eigenvalue weighted by molar-refractivity contribution is -0.119. The van der Waals surface area contributed by atoms with Crippen LogP contribution in [-0.4, -0.2) is 38.5 Å². The lowest BCUT2D eigenvalue weighted by Gasteiger charge is -2.22. The van der Waals surface area contributed by atoms with Crippen LogP contribution in [0, 0.1) is 0 Å². The van der Waals surface area contributed by atoms with Crippen LogP contribution in [0.25, 0.3) is 11.5 Å². The van der Waals surface area contributed by atoms with E-state index in [1.807, 2.05) is 30.9 Å². The molecular weight excluding hydrogens is 258 g/mol. The van der Waals surface area contributed by atoms with Gasteiger partial charge in [-0.1, -0.05) is 11.2 Å². The molecule has 0 aliphatic heterocycles. The summed E-state index contributed by atoms with van der Waals surface area (Å²) in [5, 5.41) is 3.89. The standard InChI is InChI=1S/C13H17N5O2/c1-9(2)18(7-11(14)19)8-12-16-13(17-20-12)10-5-3-4-6-15-10/h3-6,9H,7-8H2,1-2H3,(H2,14,19). The molecule has 20 heavy (non-hydrogen) atoms. The van der Waals surface area contributed by atoms with E-state index in [1.54, 1.807) is 12.3 Å². The van der Waals surface area contributed by atoms with Gasteiger partial charge in [0, 0.05) is 12.2 Å². The summed E-state index contributed by atoms with van der Waals surface area (Å²) in [6.45, 7) is 4.47. The minimum absolute atomic E-state index is 0.146. The fourth-order valence-corrected chi connectivity index (χ4v) is 1.71. The summed E-state index contributed by atoms with van der Waals surface area (Å²) in [5.74, 6) is 0.479. The van der Waals surface area contributed by atoms with Crippen molar-refractivity contribution < 1.29 is 9.32 Å². The minimum atomic E-state index is -0.386. The van der Waals surface area contributed by atoms with Gasteiger partial charge in [0.25, 0.3) is 0 Å². The van der Waals surface area contributed by atoms with Gasteiger partial charge < -0.3 is 10.3 Å². The monoisotopic (exact) mass is 275 g/mol. The number of hydrogen-bond donors (Lipinski definition) is 1. The maximum atomic E-state index is 11.0. The molecule has 0 spiro atoms. The number of carbonyl (C=O) groups excluding carboxylic acids is 1. The SMILES string of the molecule is CC(C)N(CC(N)=O)Cc1nc(-c2ccccn2)no1. The van der Waals surface area contributed by atoms with Crippen LogP contribution in [0.1, 0.15) is 19.7 Å². The Morgan fingerprint density at radius 1 is 1.45 bits per heavy atom. The molecule has 7 heteroatoms. The Kier molecular flexibility index (Phi) is 4.41. The highest BCUT2D eigenvalue weighted by atomic mass is 16.5. The van der Waals surface area contributed by atoms with Gasteiger partial charge in [-0.25, -0.2) is 0 Å². The molecule has 0 aliphatic carbocycles. The summed E-state index contributed by atoms with van der Waals surface area (Å²) < 4.78 is 5.19. The quantitative estimate of drug-likeness (QED) is 0.838. The third-order valence-electron chi connectivity index (χ3n) is 2.79. The largest absolute Gasteiger partial charge is 0.369 e. The average Bonchev–Trinajstić information content (AvgIpc) is 2.87. The van der Waals surface area contributed by atoms with Gasteiger partial charge in [0.1, 0.15) is 5.69 Å². The molecule has 2 rings (SSSR count). The summed E-state index contributed by atoms with van der Waals surface area (Å²) >= 11 is 0. The van der Waals surface area contributed by atoms with Crippen molar-refractivity contribution in [1.29, 1.82) is 0 Å². The molecule has 1 amide bonds. The van der Waals surface area contributed by atoms with Crippen LogP contribution < -0.4 is 5.73 Å². The summed E-state index contributed by atoms with van der Waals surface area (Å²) in [7, 11) is 0. The highest BCUT2D eigenvalue weighted by molar-refractivity contribution is 5.75. The lowest BCUT2D eigenvalue weighted by atomic mass is 10.3. The van der Waals surface area contributed by atoms with Gasteiger partial charge in [-0.15, -0.1) is 0 Å². The normalized spacial score (nSPS) is 11.2. The average molecular weight is 275 g/mol. The molecule has 2 N–H and O–H groups in total. The van der Waals surface area contributed by atoms with Crippen LogP contribution in [0.4, 0.5) is 0 Å². The van der Waals surface area contributed by atoms with Gasteiger partial charge in [0.2, 0.25) is 17.6 Å². The molecule has 0 aromatic carbocycles. The molecule has 0 bridgehead atoms. The molecule has 0 radical (unpaired) electrons. The number of carbonyl (C=O) groups is 1. The first kappa shape index (κ1) is 14.1. The molecule has 0 aliphatic rings. The zero-order valence-electron chi connectivity index (χ0n) is 11.5. The van der Waals surface area contributed by atoms with Crippen LogP contribution in [0.3, 0.4) is 0 Å². The first-order valence-corrected chi connectivity index (χ1v) is 6.32. The van der Waals surface area contributed by atoms with Crippen LogP contribution >= 0.6 is 0 Å². The molecule has 2 aromatic heterocycles. The molecular formula is C13H17N5O2. The van der Waals surface area contributed by atoms with Gasteiger partial charge in [-0.3, -0.25) is 14.7 Å². The number of hydrogen-bond acceptors (Lipinski definition) is 6. The van der Waals surface area contributed by atoms with Crippen LogP contribution in [0.5, 0.6) is 0 Å². The molecule has 0 atom stereocenters. The van der Waals surface area contributed by atoms with Crippen molar-refractivity contribution in [2.45, 2.75) is 26.4 Å². The molecule has 2 heterocycles. The summed E-state index contributed by atoms with van der Waals surface area (Å²) in [5.41, 5.74) is 5.87. The van der Waals surface area contributed by atoms with E-state index >= 15 is 0 Å². The van der Waals surface area contributed by atoms with E-state index in [4.69, 9.17) is 10.3 Å². The van der Waals surface area contributed by atoms with E-state index < -0.39 is 0 Å². The Bertz CT molecular complexity index is 567. The van der Waals surface area contributed by atoms with Crippen molar-refractivity contribution in [1.82, 2.24) is 20.0 Å². The molecule has 0 saturated heterocycles. The number of nitrogens with zero attached hydrogens (tertiary/aromatic N) is 4. The fourth-order valence-electron chi connectivity index (χ4n) is 1.71. The molecule has 0 fully saturated rings. The smallest absolute Gasteiger partial charge is 0.241 e. The van der Waals surface area contributed by atoms with Gasteiger partial charge >= 0.3 is 0 Å². The lowest BCUT2D eigenvalue weighted by Crippen LogP contribution is -2.38. The predicted octanol–water partition coefficient (Wildman–Crippen LogP) is 0.827. The Morgan fingerprint density at radius 2 is 2.25 bits per heavy atom. The van der Waals surface area contributed by atoms with Crippen molar-refractivity contribution in [3.05, 3.63) is 30.3 Å². The Hall–Kier alpha value is -2.28. The highest BCUT2D eigenvalue weighted by Crippen LogP contribution is 2.13. The third-order valence-corrected chi connectivity index (χ3v) is 2.79. The van der Waals surface area contributed by atoms with E-state index in [-0.39, 0.29) is 18.5 Å². The predicted molar refractivity (Wildman–Crippen MR) is 72.3 cm³/mol. The second-order valence-corrected chi connectivity index (χ2v) is 4.69. The maximum absolute atomic E-state index is 11.0. The second-order valence-electron chi connectivity index (χ2n) is 4.69. The van der Waals surface area contributed by atoms with E-state index in [0.29, 0.717) is 24.0 Å². The molecule has 2 aromatic rings. The van der Waals surface area contributed by atoms with Crippen LogP contribution in [0.15, 0.2) is 28.9 Å². The van der Waals surface area contributed by atoms with Crippen LogP contribution in [-0.2, 0) is 11.3 Å². The van der Waals surface area contributed by atoms with E-state index in [1.165, 1.54) is 0 Å². The second kappa shape index (κ2) is 6.25. The number of amides is 1. The van der Waals surface area contributed by atoms with Crippen molar-refractivity contribution in [3.8, 4) is 11.5 Å². The zero-order chi connectivity index (χ0) is 14.5. The Morgan fingerprint density at radius 3 is 2.85 bits per heavy atom. The number of primary amides is 1. The molecule has 106 valence electrons.